The van der Waals surface area contributed by atoms with E-state index in [4.69, 9.17) is 4.74 Å². The highest BCUT2D eigenvalue weighted by molar-refractivity contribution is 7.91. The SMILES string of the molecule is CCS(=O)(=O)c1ccc2c(c1)N(c1ncc(-c3cc(C)ccc3F)cn1)CC21COC1. The Morgan fingerprint density at radius 1 is 1.13 bits per heavy atom. The molecule has 5 rings (SSSR count). The molecule has 2 aromatic carbocycles. The van der Waals surface area contributed by atoms with Crippen LogP contribution < -0.4 is 4.90 Å². The molecule has 3 heterocycles. The number of ether oxygens (including phenoxy) is 1. The molecule has 1 spiro atoms. The topological polar surface area (TPSA) is 72.4 Å². The Morgan fingerprint density at radius 3 is 2.52 bits per heavy atom. The molecule has 0 bridgehead atoms. The standard InChI is InChI=1S/C23H22FN3O3S/c1-3-31(28,29)17-5-6-19-21(9-17)27(12-23(19)13-30-14-23)22-25-10-16(11-26-22)18-8-15(2)4-7-20(18)24/h4-11H,3,12-14H2,1-2H3. The second-order valence-corrected chi connectivity index (χ2v) is 10.5. The predicted octanol–water partition coefficient (Wildman–Crippen LogP) is 3.80. The van der Waals surface area contributed by atoms with Crippen LogP contribution in [0.3, 0.4) is 0 Å². The Kier molecular flexibility index (Phi) is 4.60. The fourth-order valence-electron chi connectivity index (χ4n) is 4.25. The number of halogens is 1. The number of anilines is 2. The van der Waals surface area contributed by atoms with Gasteiger partial charge in [0.1, 0.15) is 5.82 Å². The summed E-state index contributed by atoms with van der Waals surface area (Å²) in [5.74, 6) is 0.161. The third-order valence-corrected chi connectivity index (χ3v) is 7.83. The molecular weight excluding hydrogens is 417 g/mol. The van der Waals surface area contributed by atoms with E-state index in [0.29, 0.717) is 36.8 Å². The normalized spacial score (nSPS) is 16.9. The maximum absolute atomic E-state index is 14.3. The van der Waals surface area contributed by atoms with Crippen LogP contribution in [0.15, 0.2) is 53.7 Å². The Hall–Kier alpha value is -2.84. The van der Waals surface area contributed by atoms with Gasteiger partial charge in [0.2, 0.25) is 5.95 Å². The molecule has 0 atom stereocenters. The molecular formula is C23H22FN3O3S. The van der Waals surface area contributed by atoms with Gasteiger partial charge in [0.25, 0.3) is 0 Å². The number of sulfone groups is 1. The molecule has 31 heavy (non-hydrogen) atoms. The van der Waals surface area contributed by atoms with Crippen LogP contribution in [0.5, 0.6) is 0 Å². The van der Waals surface area contributed by atoms with E-state index in [1.165, 1.54) is 6.07 Å². The lowest BCUT2D eigenvalue weighted by Crippen LogP contribution is -2.49. The maximum Gasteiger partial charge on any atom is 0.229 e. The zero-order valence-electron chi connectivity index (χ0n) is 17.3. The fourth-order valence-corrected chi connectivity index (χ4v) is 5.15. The predicted molar refractivity (Wildman–Crippen MR) is 116 cm³/mol. The average molecular weight is 440 g/mol. The number of rotatable bonds is 4. The van der Waals surface area contributed by atoms with Crippen molar-refractivity contribution in [2.45, 2.75) is 24.2 Å². The van der Waals surface area contributed by atoms with Gasteiger partial charge >= 0.3 is 0 Å². The lowest BCUT2D eigenvalue weighted by molar-refractivity contribution is -0.0507. The molecule has 3 aromatic rings. The number of aromatic nitrogens is 2. The molecule has 8 heteroatoms. The summed E-state index contributed by atoms with van der Waals surface area (Å²) in [6.07, 6.45) is 3.21. The summed E-state index contributed by atoms with van der Waals surface area (Å²) >= 11 is 0. The summed E-state index contributed by atoms with van der Waals surface area (Å²) in [4.78, 5) is 11.2. The Balaban J connectivity index is 1.56. The molecule has 0 N–H and O–H groups in total. The Bertz CT molecular complexity index is 1270. The molecule has 6 nitrogen and oxygen atoms in total. The molecule has 0 radical (unpaired) electrons. The second-order valence-electron chi connectivity index (χ2n) is 8.20. The molecule has 1 fully saturated rings. The van der Waals surface area contributed by atoms with Gasteiger partial charge in [0, 0.05) is 35.8 Å². The van der Waals surface area contributed by atoms with Crippen LogP contribution in [0.2, 0.25) is 0 Å². The highest BCUT2D eigenvalue weighted by Gasteiger charge is 2.49. The minimum Gasteiger partial charge on any atom is -0.379 e. The van der Waals surface area contributed by atoms with E-state index in [2.05, 4.69) is 9.97 Å². The van der Waals surface area contributed by atoms with Crippen LogP contribution in [-0.4, -0.2) is 43.9 Å². The van der Waals surface area contributed by atoms with Crippen LogP contribution in [0.4, 0.5) is 16.0 Å². The number of hydrogen-bond acceptors (Lipinski definition) is 6. The lowest BCUT2D eigenvalue weighted by atomic mass is 9.81. The average Bonchev–Trinajstić information content (AvgIpc) is 3.11. The first-order chi connectivity index (χ1) is 14.8. The van der Waals surface area contributed by atoms with Gasteiger partial charge in [-0.3, -0.25) is 0 Å². The lowest BCUT2D eigenvalue weighted by Gasteiger charge is -2.38. The van der Waals surface area contributed by atoms with Gasteiger partial charge in [-0.1, -0.05) is 24.6 Å². The molecule has 2 aliphatic heterocycles. The molecule has 0 saturated carbocycles. The van der Waals surface area contributed by atoms with Crippen molar-refractivity contribution in [2.24, 2.45) is 0 Å². The van der Waals surface area contributed by atoms with Crippen molar-refractivity contribution in [2.75, 3.05) is 30.4 Å². The summed E-state index contributed by atoms with van der Waals surface area (Å²) < 4.78 is 44.6. The van der Waals surface area contributed by atoms with Crippen molar-refractivity contribution in [1.29, 1.82) is 0 Å². The van der Waals surface area contributed by atoms with Crippen molar-refractivity contribution in [3.8, 4) is 11.1 Å². The Morgan fingerprint density at radius 2 is 1.87 bits per heavy atom. The quantitative estimate of drug-likeness (QED) is 0.616. The monoisotopic (exact) mass is 439 g/mol. The van der Waals surface area contributed by atoms with Crippen LogP contribution in [0, 0.1) is 12.7 Å². The van der Waals surface area contributed by atoms with Crippen LogP contribution in [-0.2, 0) is 20.0 Å². The van der Waals surface area contributed by atoms with E-state index in [9.17, 15) is 12.8 Å². The summed E-state index contributed by atoms with van der Waals surface area (Å²) in [5.41, 5.74) is 3.64. The van der Waals surface area contributed by atoms with Gasteiger partial charge in [-0.05, 0) is 36.8 Å². The van der Waals surface area contributed by atoms with Crippen molar-refractivity contribution in [1.82, 2.24) is 9.97 Å². The number of aryl methyl sites for hydroxylation is 1. The van der Waals surface area contributed by atoms with E-state index in [1.807, 2.05) is 17.9 Å². The van der Waals surface area contributed by atoms with Crippen molar-refractivity contribution in [3.63, 3.8) is 0 Å². The first-order valence-corrected chi connectivity index (χ1v) is 11.8. The summed E-state index contributed by atoms with van der Waals surface area (Å²) in [5, 5.41) is 0. The van der Waals surface area contributed by atoms with E-state index in [1.54, 1.807) is 43.6 Å². The van der Waals surface area contributed by atoms with Crippen LogP contribution in [0.25, 0.3) is 11.1 Å². The van der Waals surface area contributed by atoms with E-state index < -0.39 is 9.84 Å². The Labute approximate surface area is 180 Å². The fraction of sp³-hybridized carbons (Fsp3) is 0.304. The van der Waals surface area contributed by atoms with Crippen LogP contribution in [0.1, 0.15) is 18.1 Å². The largest absolute Gasteiger partial charge is 0.379 e. The van der Waals surface area contributed by atoms with Crippen molar-refractivity contribution in [3.05, 3.63) is 65.7 Å². The van der Waals surface area contributed by atoms with E-state index in [-0.39, 0.29) is 21.9 Å². The summed E-state index contributed by atoms with van der Waals surface area (Å²) in [6, 6.07) is 10.2. The van der Waals surface area contributed by atoms with E-state index >= 15 is 0 Å². The van der Waals surface area contributed by atoms with Crippen molar-refractivity contribution < 1.29 is 17.5 Å². The molecule has 0 amide bonds. The van der Waals surface area contributed by atoms with Crippen molar-refractivity contribution >= 4 is 21.5 Å². The highest BCUT2D eigenvalue weighted by atomic mass is 32.2. The van der Waals surface area contributed by atoms with Crippen LogP contribution >= 0.6 is 0 Å². The molecule has 1 aromatic heterocycles. The van der Waals surface area contributed by atoms with Gasteiger partial charge in [0.15, 0.2) is 9.84 Å². The zero-order valence-corrected chi connectivity index (χ0v) is 18.1. The highest BCUT2D eigenvalue weighted by Crippen LogP contribution is 2.48. The molecule has 0 aliphatic carbocycles. The van der Waals surface area contributed by atoms with Gasteiger partial charge < -0.3 is 9.64 Å². The van der Waals surface area contributed by atoms with E-state index in [0.717, 1.165) is 16.8 Å². The van der Waals surface area contributed by atoms with Gasteiger partial charge in [0.05, 0.1) is 29.3 Å². The third kappa shape index (κ3) is 3.21. The summed E-state index contributed by atoms with van der Waals surface area (Å²) in [7, 11) is -3.34. The number of benzene rings is 2. The minimum atomic E-state index is -3.34. The molecule has 160 valence electrons. The maximum atomic E-state index is 14.3. The third-order valence-electron chi connectivity index (χ3n) is 6.10. The number of hydrogen-bond donors (Lipinski definition) is 0. The molecule has 2 aliphatic rings. The smallest absolute Gasteiger partial charge is 0.229 e. The second kappa shape index (κ2) is 7.10. The minimum absolute atomic E-state index is 0.0350. The molecule has 1 saturated heterocycles. The van der Waals surface area contributed by atoms with Gasteiger partial charge in [-0.25, -0.2) is 22.8 Å². The van der Waals surface area contributed by atoms with Gasteiger partial charge in [-0.2, -0.15) is 0 Å². The first-order valence-electron chi connectivity index (χ1n) is 10.1. The van der Waals surface area contributed by atoms with Gasteiger partial charge in [-0.15, -0.1) is 0 Å². The number of fused-ring (bicyclic) bond motifs is 2. The summed E-state index contributed by atoms with van der Waals surface area (Å²) in [6.45, 7) is 5.29. The first kappa shape index (κ1) is 20.1. The number of nitrogens with zero attached hydrogens (tertiary/aromatic N) is 3. The zero-order chi connectivity index (χ0) is 21.8. The molecule has 0 unspecified atom stereocenters.